The molecule has 0 bridgehead atoms. The van der Waals surface area contributed by atoms with Crippen LogP contribution in [0.3, 0.4) is 0 Å². The van der Waals surface area contributed by atoms with E-state index >= 15 is 0 Å². The van der Waals surface area contributed by atoms with E-state index in [0.29, 0.717) is 10.7 Å². The summed E-state index contributed by atoms with van der Waals surface area (Å²) >= 11 is 6.25. The molecule has 5 heteroatoms. The van der Waals surface area contributed by atoms with Gasteiger partial charge in [0.15, 0.2) is 0 Å². The van der Waals surface area contributed by atoms with Gasteiger partial charge in [0.1, 0.15) is 5.41 Å². The fraction of sp³-hybridized carbons (Fsp3) is 0.579. The summed E-state index contributed by atoms with van der Waals surface area (Å²) in [5.74, 6) is -0.572. The monoisotopic (exact) mass is 350 g/mol. The summed E-state index contributed by atoms with van der Waals surface area (Å²) in [6, 6.07) is 3.94. The largest absolute Gasteiger partial charge is 0.352 e. The maximum Gasteiger partial charge on any atom is 0.239 e. The predicted molar refractivity (Wildman–Crippen MR) is 98.4 cm³/mol. The first-order valence-corrected chi connectivity index (χ1v) is 8.99. The lowest BCUT2D eigenvalue weighted by Crippen LogP contribution is -2.49. The van der Waals surface area contributed by atoms with Crippen LogP contribution in [0.1, 0.15) is 57.1 Å². The van der Waals surface area contributed by atoms with Crippen LogP contribution in [0.15, 0.2) is 12.1 Å². The van der Waals surface area contributed by atoms with E-state index in [9.17, 15) is 9.59 Å². The van der Waals surface area contributed by atoms with E-state index < -0.39 is 5.41 Å². The Bertz CT molecular complexity index is 611. The Balaban J connectivity index is 2.08. The molecular weight excluding hydrogens is 324 g/mol. The van der Waals surface area contributed by atoms with E-state index in [1.807, 2.05) is 19.9 Å². The molecule has 1 aliphatic carbocycles. The molecule has 1 aromatic rings. The quantitative estimate of drug-likeness (QED) is 0.792. The molecule has 0 heterocycles. The minimum atomic E-state index is -1.15. The van der Waals surface area contributed by atoms with Gasteiger partial charge < -0.3 is 10.6 Å². The Labute approximate surface area is 149 Å². The summed E-state index contributed by atoms with van der Waals surface area (Å²) in [5.41, 5.74) is 1.34. The summed E-state index contributed by atoms with van der Waals surface area (Å²) in [6.45, 7) is 7.14. The first kappa shape index (κ1) is 18.8. The number of nitrogens with one attached hydrogen (secondary N) is 2. The zero-order valence-electron chi connectivity index (χ0n) is 15.0. The molecule has 1 aromatic carbocycles. The van der Waals surface area contributed by atoms with Crippen molar-refractivity contribution in [2.24, 2.45) is 5.41 Å². The molecule has 2 N–H and O–H groups in total. The molecule has 2 amide bonds. The first-order chi connectivity index (χ1) is 11.2. The third-order valence-electron chi connectivity index (χ3n) is 4.75. The van der Waals surface area contributed by atoms with E-state index in [1.54, 1.807) is 19.9 Å². The molecule has 132 valence electrons. The molecule has 0 saturated heterocycles. The van der Waals surface area contributed by atoms with Crippen molar-refractivity contribution in [2.45, 2.75) is 65.8 Å². The molecule has 1 saturated carbocycles. The van der Waals surface area contributed by atoms with Crippen molar-refractivity contribution in [2.75, 3.05) is 5.32 Å². The third-order valence-corrected chi connectivity index (χ3v) is 5.04. The molecule has 0 spiro atoms. The van der Waals surface area contributed by atoms with Crippen molar-refractivity contribution in [1.82, 2.24) is 5.32 Å². The highest BCUT2D eigenvalue weighted by atomic mass is 35.5. The SMILES string of the molecule is Cc1cc(C)c(NC(=O)C(C)(C)C(=O)NC2CCCCC2)c(Cl)c1. The fourth-order valence-corrected chi connectivity index (χ4v) is 3.43. The number of hydrogen-bond donors (Lipinski definition) is 2. The van der Waals surface area contributed by atoms with Gasteiger partial charge in [0.05, 0.1) is 10.7 Å². The van der Waals surface area contributed by atoms with Crippen molar-refractivity contribution in [1.29, 1.82) is 0 Å². The minimum Gasteiger partial charge on any atom is -0.352 e. The molecule has 2 rings (SSSR count). The second kappa shape index (κ2) is 7.56. The van der Waals surface area contributed by atoms with Crippen LogP contribution in [0.5, 0.6) is 0 Å². The van der Waals surface area contributed by atoms with Gasteiger partial charge in [0, 0.05) is 6.04 Å². The number of halogens is 1. The average molecular weight is 351 g/mol. The van der Waals surface area contributed by atoms with Crippen LogP contribution >= 0.6 is 11.6 Å². The topological polar surface area (TPSA) is 58.2 Å². The predicted octanol–water partition coefficient (Wildman–Crippen LogP) is 4.37. The molecular formula is C19H27ClN2O2. The Morgan fingerprint density at radius 3 is 2.29 bits per heavy atom. The zero-order chi connectivity index (χ0) is 17.9. The Kier molecular flexibility index (Phi) is 5.92. The summed E-state index contributed by atoms with van der Waals surface area (Å²) in [6.07, 6.45) is 5.48. The van der Waals surface area contributed by atoms with E-state index in [4.69, 9.17) is 11.6 Å². The molecule has 0 unspecified atom stereocenters. The van der Waals surface area contributed by atoms with Crippen LogP contribution < -0.4 is 10.6 Å². The standard InChI is InChI=1S/C19H27ClN2O2/c1-12-10-13(2)16(15(20)11-12)22-18(24)19(3,4)17(23)21-14-8-6-5-7-9-14/h10-11,14H,5-9H2,1-4H3,(H,21,23)(H,22,24). The molecule has 0 aromatic heterocycles. The van der Waals surface area contributed by atoms with Gasteiger partial charge in [-0.05, 0) is 57.7 Å². The van der Waals surface area contributed by atoms with E-state index in [2.05, 4.69) is 10.6 Å². The molecule has 0 aliphatic heterocycles. The second-order valence-electron chi connectivity index (χ2n) is 7.33. The second-order valence-corrected chi connectivity index (χ2v) is 7.73. The number of anilines is 1. The molecule has 1 fully saturated rings. The fourth-order valence-electron chi connectivity index (χ4n) is 3.06. The van der Waals surface area contributed by atoms with Gasteiger partial charge in [-0.15, -0.1) is 0 Å². The first-order valence-electron chi connectivity index (χ1n) is 8.61. The van der Waals surface area contributed by atoms with Gasteiger partial charge in [-0.1, -0.05) is 36.9 Å². The summed E-state index contributed by atoms with van der Waals surface area (Å²) in [5, 5.41) is 6.35. The molecule has 0 atom stereocenters. The number of carbonyl (C=O) groups is 2. The Hall–Kier alpha value is -1.55. The molecule has 1 aliphatic rings. The van der Waals surface area contributed by atoms with Crippen LogP contribution in [0, 0.1) is 19.3 Å². The van der Waals surface area contributed by atoms with Crippen LogP contribution in [0.2, 0.25) is 5.02 Å². The lowest BCUT2D eigenvalue weighted by Gasteiger charge is -2.29. The summed E-state index contributed by atoms with van der Waals surface area (Å²) in [7, 11) is 0. The number of aryl methyl sites for hydroxylation is 2. The van der Waals surface area contributed by atoms with Crippen molar-refractivity contribution in [3.63, 3.8) is 0 Å². The number of carbonyl (C=O) groups excluding carboxylic acids is 2. The summed E-state index contributed by atoms with van der Waals surface area (Å²) in [4.78, 5) is 25.3. The molecule has 4 nitrogen and oxygen atoms in total. The van der Waals surface area contributed by atoms with E-state index in [1.165, 1.54) is 6.42 Å². The highest BCUT2D eigenvalue weighted by molar-refractivity contribution is 6.34. The Morgan fingerprint density at radius 1 is 1.08 bits per heavy atom. The maximum absolute atomic E-state index is 12.7. The van der Waals surface area contributed by atoms with Gasteiger partial charge in [0.2, 0.25) is 11.8 Å². The summed E-state index contributed by atoms with van der Waals surface area (Å²) < 4.78 is 0. The van der Waals surface area contributed by atoms with Crippen molar-refractivity contribution in [3.05, 3.63) is 28.3 Å². The third kappa shape index (κ3) is 4.29. The normalized spacial score (nSPS) is 15.9. The average Bonchev–Trinajstić information content (AvgIpc) is 2.51. The Morgan fingerprint density at radius 2 is 1.71 bits per heavy atom. The molecule has 24 heavy (non-hydrogen) atoms. The van der Waals surface area contributed by atoms with Crippen LogP contribution in [0.4, 0.5) is 5.69 Å². The van der Waals surface area contributed by atoms with Crippen LogP contribution in [-0.2, 0) is 9.59 Å². The van der Waals surface area contributed by atoms with E-state index in [0.717, 1.165) is 36.8 Å². The highest BCUT2D eigenvalue weighted by Crippen LogP contribution is 2.29. The van der Waals surface area contributed by atoms with Gasteiger partial charge in [-0.25, -0.2) is 0 Å². The van der Waals surface area contributed by atoms with Crippen LogP contribution in [-0.4, -0.2) is 17.9 Å². The highest BCUT2D eigenvalue weighted by Gasteiger charge is 2.37. The van der Waals surface area contributed by atoms with Crippen molar-refractivity contribution < 1.29 is 9.59 Å². The van der Waals surface area contributed by atoms with Gasteiger partial charge in [-0.2, -0.15) is 0 Å². The smallest absolute Gasteiger partial charge is 0.239 e. The number of hydrogen-bond acceptors (Lipinski definition) is 2. The van der Waals surface area contributed by atoms with Gasteiger partial charge in [-0.3, -0.25) is 9.59 Å². The maximum atomic E-state index is 12.7. The molecule has 0 radical (unpaired) electrons. The minimum absolute atomic E-state index is 0.183. The van der Waals surface area contributed by atoms with E-state index in [-0.39, 0.29) is 17.9 Å². The lowest BCUT2D eigenvalue weighted by atomic mass is 9.88. The van der Waals surface area contributed by atoms with Crippen LogP contribution in [0.25, 0.3) is 0 Å². The van der Waals surface area contributed by atoms with Gasteiger partial charge in [0.25, 0.3) is 0 Å². The number of rotatable bonds is 4. The lowest BCUT2D eigenvalue weighted by molar-refractivity contribution is -0.139. The number of benzene rings is 1. The number of amides is 2. The van der Waals surface area contributed by atoms with Crippen molar-refractivity contribution >= 4 is 29.1 Å². The van der Waals surface area contributed by atoms with Crippen molar-refractivity contribution in [3.8, 4) is 0 Å². The zero-order valence-corrected chi connectivity index (χ0v) is 15.7. The van der Waals surface area contributed by atoms with Gasteiger partial charge >= 0.3 is 0 Å².